The number of amides is 1. The fourth-order valence-corrected chi connectivity index (χ4v) is 1.71. The molecule has 0 unspecified atom stereocenters. The lowest BCUT2D eigenvalue weighted by Crippen LogP contribution is -2.47. The minimum Gasteiger partial charge on any atom is -0.475 e. The molecule has 0 atom stereocenters. The van der Waals surface area contributed by atoms with Crippen LogP contribution in [0.4, 0.5) is 0 Å². The van der Waals surface area contributed by atoms with Gasteiger partial charge in [-0.05, 0) is 25.0 Å². The van der Waals surface area contributed by atoms with Gasteiger partial charge in [0.15, 0.2) is 5.76 Å². The molecule has 0 saturated heterocycles. The van der Waals surface area contributed by atoms with Crippen molar-refractivity contribution >= 4 is 11.9 Å². The van der Waals surface area contributed by atoms with E-state index in [2.05, 4.69) is 5.32 Å². The summed E-state index contributed by atoms with van der Waals surface area (Å²) in [6, 6.07) is 2.69. The molecule has 1 fully saturated rings. The van der Waals surface area contributed by atoms with Gasteiger partial charge in [0, 0.05) is 13.2 Å². The maximum atomic E-state index is 11.6. The smallest absolute Gasteiger partial charge is 0.371 e. The van der Waals surface area contributed by atoms with Gasteiger partial charge in [0.05, 0.1) is 6.10 Å². The Hall–Kier alpha value is -1.82. The summed E-state index contributed by atoms with van der Waals surface area (Å²) in [5.74, 6) is -1.80. The first-order chi connectivity index (χ1) is 8.10. The highest BCUT2D eigenvalue weighted by Crippen LogP contribution is 2.23. The molecule has 0 spiro atoms. The summed E-state index contributed by atoms with van der Waals surface area (Å²) in [5.41, 5.74) is 0. The van der Waals surface area contributed by atoms with Crippen molar-refractivity contribution in [3.05, 3.63) is 23.7 Å². The van der Waals surface area contributed by atoms with Crippen LogP contribution < -0.4 is 5.32 Å². The molecular weight excluding hydrogens is 226 g/mol. The van der Waals surface area contributed by atoms with Crippen LogP contribution in [-0.2, 0) is 4.74 Å². The first-order valence-electron chi connectivity index (χ1n) is 5.27. The van der Waals surface area contributed by atoms with Crippen LogP contribution in [0.2, 0.25) is 0 Å². The molecule has 0 radical (unpaired) electrons. The van der Waals surface area contributed by atoms with Crippen LogP contribution in [0.3, 0.4) is 0 Å². The van der Waals surface area contributed by atoms with Gasteiger partial charge in [-0.25, -0.2) is 4.79 Å². The molecule has 0 aliphatic heterocycles. The number of rotatable bonds is 4. The molecule has 2 N–H and O–H groups in total. The zero-order valence-electron chi connectivity index (χ0n) is 9.30. The van der Waals surface area contributed by atoms with Crippen LogP contribution in [0.15, 0.2) is 16.5 Å². The third-order valence-corrected chi connectivity index (χ3v) is 2.80. The standard InChI is InChI=1S/C11H13NO5/c1-16-7-4-6(5-7)12-10(13)8-2-3-9(17-8)11(14)15/h2-3,6-7H,4-5H2,1H3,(H,12,13)(H,14,15). The number of carbonyl (C=O) groups excluding carboxylic acids is 1. The van der Waals surface area contributed by atoms with Gasteiger partial charge in [0.1, 0.15) is 0 Å². The van der Waals surface area contributed by atoms with Crippen LogP contribution in [0.5, 0.6) is 0 Å². The Labute approximate surface area is 97.6 Å². The summed E-state index contributed by atoms with van der Waals surface area (Å²) in [5, 5.41) is 11.4. The van der Waals surface area contributed by atoms with Crippen LogP contribution in [-0.4, -0.2) is 36.2 Å². The summed E-state index contributed by atoms with van der Waals surface area (Å²) in [4.78, 5) is 22.2. The molecule has 1 aromatic rings. The van der Waals surface area contributed by atoms with E-state index in [0.29, 0.717) is 0 Å². The van der Waals surface area contributed by atoms with E-state index in [0.717, 1.165) is 12.8 Å². The Morgan fingerprint density at radius 2 is 2.06 bits per heavy atom. The molecule has 17 heavy (non-hydrogen) atoms. The maximum Gasteiger partial charge on any atom is 0.371 e. The third-order valence-electron chi connectivity index (χ3n) is 2.80. The van der Waals surface area contributed by atoms with Gasteiger partial charge in [0.25, 0.3) is 5.91 Å². The molecule has 6 nitrogen and oxygen atoms in total. The van der Waals surface area contributed by atoms with Crippen molar-refractivity contribution in [3.8, 4) is 0 Å². The number of carboxylic acid groups (broad SMARTS) is 1. The van der Waals surface area contributed by atoms with E-state index in [-0.39, 0.29) is 23.7 Å². The van der Waals surface area contributed by atoms with Crippen LogP contribution in [0.1, 0.15) is 34.0 Å². The fourth-order valence-electron chi connectivity index (χ4n) is 1.71. The van der Waals surface area contributed by atoms with Crippen molar-refractivity contribution in [2.24, 2.45) is 0 Å². The highest BCUT2D eigenvalue weighted by molar-refractivity contribution is 5.93. The van der Waals surface area contributed by atoms with Gasteiger partial charge >= 0.3 is 5.97 Å². The zero-order valence-corrected chi connectivity index (χ0v) is 9.30. The molecule has 6 heteroatoms. The number of hydrogen-bond acceptors (Lipinski definition) is 4. The number of carboxylic acids is 1. The summed E-state index contributed by atoms with van der Waals surface area (Å²) in [6.07, 6.45) is 1.75. The van der Waals surface area contributed by atoms with E-state index in [1.165, 1.54) is 12.1 Å². The number of carbonyl (C=O) groups is 2. The summed E-state index contributed by atoms with van der Waals surface area (Å²) >= 11 is 0. The van der Waals surface area contributed by atoms with Crippen LogP contribution in [0.25, 0.3) is 0 Å². The molecule has 1 heterocycles. The first-order valence-corrected chi connectivity index (χ1v) is 5.27. The van der Waals surface area contributed by atoms with Crippen molar-refractivity contribution < 1.29 is 23.8 Å². The van der Waals surface area contributed by atoms with Gasteiger partial charge < -0.3 is 19.6 Å². The van der Waals surface area contributed by atoms with Crippen LogP contribution >= 0.6 is 0 Å². The quantitative estimate of drug-likeness (QED) is 0.814. The second kappa shape index (κ2) is 4.58. The van der Waals surface area contributed by atoms with E-state index in [1.807, 2.05) is 0 Å². The Morgan fingerprint density at radius 3 is 2.59 bits per heavy atom. The minimum atomic E-state index is -1.19. The lowest BCUT2D eigenvalue weighted by Gasteiger charge is -2.34. The predicted octanol–water partition coefficient (Wildman–Crippen LogP) is 0.885. The van der Waals surface area contributed by atoms with Crippen molar-refractivity contribution in [2.45, 2.75) is 25.0 Å². The average Bonchev–Trinajstić information content (AvgIpc) is 2.71. The zero-order chi connectivity index (χ0) is 12.4. The van der Waals surface area contributed by atoms with Crippen molar-refractivity contribution in [1.29, 1.82) is 0 Å². The Bertz CT molecular complexity index is 433. The molecule has 92 valence electrons. The summed E-state index contributed by atoms with van der Waals surface area (Å²) in [7, 11) is 1.63. The predicted molar refractivity (Wildman–Crippen MR) is 57.0 cm³/mol. The third kappa shape index (κ3) is 2.47. The van der Waals surface area contributed by atoms with Gasteiger partial charge in [-0.15, -0.1) is 0 Å². The Balaban J connectivity index is 1.89. The SMILES string of the molecule is COC1CC(NC(=O)c2ccc(C(=O)O)o2)C1. The number of ether oxygens (including phenoxy) is 1. The average molecular weight is 239 g/mol. The van der Waals surface area contributed by atoms with E-state index in [4.69, 9.17) is 14.3 Å². The van der Waals surface area contributed by atoms with Gasteiger partial charge in [0.2, 0.25) is 5.76 Å². The molecule has 0 aromatic carbocycles. The van der Waals surface area contributed by atoms with Crippen molar-refractivity contribution in [2.75, 3.05) is 7.11 Å². The highest BCUT2D eigenvalue weighted by atomic mass is 16.5. The first kappa shape index (κ1) is 11.7. The summed E-state index contributed by atoms with van der Waals surface area (Å²) < 4.78 is 9.97. The molecule has 1 amide bonds. The number of methoxy groups -OCH3 is 1. The monoisotopic (exact) mass is 239 g/mol. The second-order valence-corrected chi connectivity index (χ2v) is 3.97. The molecule has 2 rings (SSSR count). The van der Waals surface area contributed by atoms with Crippen molar-refractivity contribution in [3.63, 3.8) is 0 Å². The molecule has 1 aromatic heterocycles. The number of nitrogens with one attached hydrogen (secondary N) is 1. The highest BCUT2D eigenvalue weighted by Gasteiger charge is 2.31. The van der Waals surface area contributed by atoms with Gasteiger partial charge in [-0.1, -0.05) is 0 Å². The van der Waals surface area contributed by atoms with E-state index >= 15 is 0 Å². The van der Waals surface area contributed by atoms with Crippen molar-refractivity contribution in [1.82, 2.24) is 5.32 Å². The minimum absolute atomic E-state index is 0.0169. The van der Waals surface area contributed by atoms with E-state index in [9.17, 15) is 9.59 Å². The number of hydrogen-bond donors (Lipinski definition) is 2. The summed E-state index contributed by atoms with van der Waals surface area (Å²) in [6.45, 7) is 0. The van der Waals surface area contributed by atoms with Gasteiger partial charge in [-0.2, -0.15) is 0 Å². The lowest BCUT2D eigenvalue weighted by atomic mass is 9.89. The molecular formula is C11H13NO5. The fraction of sp³-hybridized carbons (Fsp3) is 0.455. The maximum absolute atomic E-state index is 11.6. The van der Waals surface area contributed by atoms with E-state index in [1.54, 1.807) is 7.11 Å². The topological polar surface area (TPSA) is 88.8 Å². The second-order valence-electron chi connectivity index (χ2n) is 3.97. The molecule has 1 aliphatic carbocycles. The molecule has 0 bridgehead atoms. The normalized spacial score (nSPS) is 22.9. The van der Waals surface area contributed by atoms with Gasteiger partial charge in [-0.3, -0.25) is 4.79 Å². The number of aromatic carboxylic acids is 1. The Kier molecular flexibility index (Phi) is 3.14. The molecule has 1 saturated carbocycles. The lowest BCUT2D eigenvalue weighted by molar-refractivity contribution is 0.0172. The largest absolute Gasteiger partial charge is 0.475 e. The molecule has 1 aliphatic rings. The van der Waals surface area contributed by atoms with Crippen LogP contribution in [0, 0.1) is 0 Å². The number of furan rings is 1. The Morgan fingerprint density at radius 1 is 1.41 bits per heavy atom. The van der Waals surface area contributed by atoms with E-state index < -0.39 is 11.9 Å².